The van der Waals surface area contributed by atoms with Crippen molar-refractivity contribution >= 4 is 0 Å². The molecule has 23 heavy (non-hydrogen) atoms. The molecule has 1 heterocycles. The first-order valence-corrected chi connectivity index (χ1v) is 8.54. The van der Waals surface area contributed by atoms with Gasteiger partial charge in [-0.05, 0) is 36.8 Å². The van der Waals surface area contributed by atoms with Gasteiger partial charge in [-0.3, -0.25) is 4.98 Å². The Morgan fingerprint density at radius 2 is 1.70 bits per heavy atom. The van der Waals surface area contributed by atoms with Crippen molar-refractivity contribution in [1.82, 2.24) is 4.98 Å². The van der Waals surface area contributed by atoms with Crippen LogP contribution in [0.3, 0.4) is 0 Å². The summed E-state index contributed by atoms with van der Waals surface area (Å²) in [6, 6.07) is 12.8. The molecule has 0 N–H and O–H groups in total. The minimum absolute atomic E-state index is 0.129. The van der Waals surface area contributed by atoms with Crippen molar-refractivity contribution in [2.75, 3.05) is 0 Å². The molecule has 1 aromatic carbocycles. The molecule has 118 valence electrons. The summed E-state index contributed by atoms with van der Waals surface area (Å²) in [6.45, 7) is 6.44. The average Bonchev–Trinajstić information content (AvgIpc) is 2.78. The van der Waals surface area contributed by atoms with Crippen molar-refractivity contribution in [1.29, 1.82) is 5.26 Å². The summed E-state index contributed by atoms with van der Waals surface area (Å²) < 4.78 is 0. The Balaban J connectivity index is 2.37. The maximum absolute atomic E-state index is 9.91. The van der Waals surface area contributed by atoms with E-state index >= 15 is 0 Å². The third kappa shape index (κ3) is 3.01. The molecular weight excluding hydrogens is 280 g/mol. The summed E-state index contributed by atoms with van der Waals surface area (Å²) in [6.07, 6.45) is 5.70. The van der Waals surface area contributed by atoms with Crippen molar-refractivity contribution < 1.29 is 0 Å². The molecule has 2 heteroatoms. The highest BCUT2D eigenvalue weighted by Crippen LogP contribution is 2.37. The molecule has 0 fully saturated rings. The number of pyridine rings is 1. The summed E-state index contributed by atoms with van der Waals surface area (Å²) in [5.74, 6) is 0. The SMILES string of the molecule is CC(C)(C)c1nc2c(c(-c3ccccc3)c1C#N)CCCCC2. The molecule has 2 aromatic rings. The van der Waals surface area contributed by atoms with Gasteiger partial charge >= 0.3 is 0 Å². The molecule has 2 nitrogen and oxygen atoms in total. The zero-order chi connectivity index (χ0) is 16.4. The first kappa shape index (κ1) is 15.7. The second-order valence-corrected chi connectivity index (χ2v) is 7.42. The third-order valence-electron chi connectivity index (χ3n) is 4.61. The molecule has 0 amide bonds. The largest absolute Gasteiger partial charge is 0.256 e. The number of benzene rings is 1. The fraction of sp³-hybridized carbons (Fsp3) is 0.429. The van der Waals surface area contributed by atoms with Gasteiger partial charge in [0, 0.05) is 16.7 Å². The lowest BCUT2D eigenvalue weighted by Crippen LogP contribution is -2.19. The van der Waals surface area contributed by atoms with Gasteiger partial charge in [0.1, 0.15) is 6.07 Å². The van der Waals surface area contributed by atoms with Crippen molar-refractivity contribution in [3.05, 3.63) is 52.8 Å². The summed E-state index contributed by atoms with van der Waals surface area (Å²) in [4.78, 5) is 4.98. The van der Waals surface area contributed by atoms with Gasteiger partial charge in [-0.2, -0.15) is 5.26 Å². The van der Waals surface area contributed by atoms with E-state index < -0.39 is 0 Å². The van der Waals surface area contributed by atoms with E-state index in [4.69, 9.17) is 4.98 Å². The maximum Gasteiger partial charge on any atom is 0.102 e. The summed E-state index contributed by atoms with van der Waals surface area (Å²) >= 11 is 0. The fourth-order valence-electron chi connectivity index (χ4n) is 3.49. The summed E-state index contributed by atoms with van der Waals surface area (Å²) in [5, 5.41) is 9.91. The number of nitriles is 1. The molecule has 0 saturated heterocycles. The fourth-order valence-corrected chi connectivity index (χ4v) is 3.49. The molecule has 1 aliphatic carbocycles. The van der Waals surface area contributed by atoms with Gasteiger partial charge in [0.15, 0.2) is 0 Å². The molecule has 0 radical (unpaired) electrons. The Morgan fingerprint density at radius 3 is 2.35 bits per heavy atom. The van der Waals surface area contributed by atoms with Crippen LogP contribution in [0.2, 0.25) is 0 Å². The van der Waals surface area contributed by atoms with E-state index in [-0.39, 0.29) is 5.41 Å². The Kier molecular flexibility index (Phi) is 4.22. The van der Waals surface area contributed by atoms with Gasteiger partial charge in [-0.1, -0.05) is 57.5 Å². The summed E-state index contributed by atoms with van der Waals surface area (Å²) in [7, 11) is 0. The van der Waals surface area contributed by atoms with Gasteiger partial charge in [0.05, 0.1) is 11.3 Å². The van der Waals surface area contributed by atoms with Crippen LogP contribution >= 0.6 is 0 Å². The van der Waals surface area contributed by atoms with Crippen LogP contribution in [-0.2, 0) is 18.3 Å². The predicted molar refractivity (Wildman–Crippen MR) is 94.3 cm³/mol. The quantitative estimate of drug-likeness (QED) is 0.680. The second kappa shape index (κ2) is 6.16. The van der Waals surface area contributed by atoms with E-state index in [9.17, 15) is 5.26 Å². The molecule has 0 aliphatic heterocycles. The monoisotopic (exact) mass is 304 g/mol. The van der Waals surface area contributed by atoms with Gasteiger partial charge in [-0.25, -0.2) is 0 Å². The average molecular weight is 304 g/mol. The Hall–Kier alpha value is -2.14. The zero-order valence-corrected chi connectivity index (χ0v) is 14.3. The van der Waals surface area contributed by atoms with Crippen LogP contribution in [0.5, 0.6) is 0 Å². The molecule has 0 atom stereocenters. The highest BCUT2D eigenvalue weighted by molar-refractivity contribution is 5.76. The number of hydrogen-bond acceptors (Lipinski definition) is 2. The predicted octanol–water partition coefficient (Wildman–Crippen LogP) is 5.19. The maximum atomic E-state index is 9.91. The van der Waals surface area contributed by atoms with Crippen LogP contribution in [0.25, 0.3) is 11.1 Å². The van der Waals surface area contributed by atoms with E-state index in [2.05, 4.69) is 51.1 Å². The number of aryl methyl sites for hydroxylation is 1. The molecule has 3 rings (SSSR count). The normalized spacial score (nSPS) is 14.7. The van der Waals surface area contributed by atoms with Gasteiger partial charge in [0.25, 0.3) is 0 Å². The lowest BCUT2D eigenvalue weighted by atomic mass is 9.82. The molecule has 0 spiro atoms. The van der Waals surface area contributed by atoms with Crippen molar-refractivity contribution in [2.24, 2.45) is 0 Å². The van der Waals surface area contributed by atoms with E-state index in [1.807, 2.05) is 6.07 Å². The van der Waals surface area contributed by atoms with Crippen molar-refractivity contribution in [2.45, 2.75) is 58.3 Å². The van der Waals surface area contributed by atoms with Crippen LogP contribution in [-0.4, -0.2) is 4.98 Å². The minimum atomic E-state index is -0.129. The summed E-state index contributed by atoms with van der Waals surface area (Å²) in [5.41, 5.74) is 6.38. The van der Waals surface area contributed by atoms with Crippen LogP contribution in [0.1, 0.15) is 62.5 Å². The van der Waals surface area contributed by atoms with Gasteiger partial charge < -0.3 is 0 Å². The highest BCUT2D eigenvalue weighted by atomic mass is 14.7. The van der Waals surface area contributed by atoms with Crippen LogP contribution < -0.4 is 0 Å². The molecule has 0 saturated carbocycles. The Morgan fingerprint density at radius 1 is 1.00 bits per heavy atom. The van der Waals surface area contributed by atoms with Crippen LogP contribution in [0.4, 0.5) is 0 Å². The van der Waals surface area contributed by atoms with Crippen molar-refractivity contribution in [3.63, 3.8) is 0 Å². The van der Waals surface area contributed by atoms with Gasteiger partial charge in [-0.15, -0.1) is 0 Å². The first-order chi connectivity index (χ1) is 11.0. The zero-order valence-electron chi connectivity index (χ0n) is 14.3. The molecule has 1 aliphatic rings. The lowest BCUT2D eigenvalue weighted by Gasteiger charge is -2.24. The smallest absolute Gasteiger partial charge is 0.102 e. The molecule has 0 bridgehead atoms. The second-order valence-electron chi connectivity index (χ2n) is 7.42. The number of nitrogens with zero attached hydrogens (tertiary/aromatic N) is 2. The lowest BCUT2D eigenvalue weighted by molar-refractivity contribution is 0.562. The van der Waals surface area contributed by atoms with Crippen LogP contribution in [0.15, 0.2) is 30.3 Å². The topological polar surface area (TPSA) is 36.7 Å². The highest BCUT2D eigenvalue weighted by Gasteiger charge is 2.27. The van der Waals surface area contributed by atoms with Crippen LogP contribution in [0, 0.1) is 11.3 Å². The molecule has 0 unspecified atom stereocenters. The number of rotatable bonds is 1. The van der Waals surface area contributed by atoms with E-state index in [1.54, 1.807) is 0 Å². The minimum Gasteiger partial charge on any atom is -0.256 e. The number of aromatic nitrogens is 1. The third-order valence-corrected chi connectivity index (χ3v) is 4.61. The standard InChI is InChI=1S/C21H24N2/c1-21(2,3)20-17(14-22)19(15-10-6-4-7-11-15)16-12-8-5-9-13-18(16)23-20/h4,6-7,10-11H,5,8-9,12-13H2,1-3H3. The Bertz CT molecular complexity index is 746. The Labute approximate surface area is 139 Å². The molecular formula is C21H24N2. The first-order valence-electron chi connectivity index (χ1n) is 8.54. The van der Waals surface area contributed by atoms with Crippen molar-refractivity contribution in [3.8, 4) is 17.2 Å². The molecule has 1 aromatic heterocycles. The van der Waals surface area contributed by atoms with E-state index in [1.165, 1.54) is 30.5 Å². The van der Waals surface area contributed by atoms with E-state index in [0.717, 1.165) is 35.2 Å². The van der Waals surface area contributed by atoms with E-state index in [0.29, 0.717) is 0 Å². The van der Waals surface area contributed by atoms with Gasteiger partial charge in [0.2, 0.25) is 0 Å². The number of fused-ring (bicyclic) bond motifs is 1. The number of hydrogen-bond donors (Lipinski definition) is 0.